The normalized spacial score (nSPS) is 23.8. The molecular weight excluding hydrogens is 446 g/mol. The summed E-state index contributed by atoms with van der Waals surface area (Å²) >= 11 is 0. The van der Waals surface area contributed by atoms with Crippen molar-refractivity contribution < 1.29 is 21.5 Å². The Morgan fingerprint density at radius 3 is 1.77 bits per heavy atom. The van der Waals surface area contributed by atoms with E-state index in [1.54, 1.807) is 0 Å². The molecule has 3 aromatic carbocycles. The third-order valence-corrected chi connectivity index (χ3v) is 6.99. The van der Waals surface area contributed by atoms with Crippen molar-refractivity contribution in [1.29, 1.82) is 0 Å². The smallest absolute Gasteiger partial charge is 0.159 e. The lowest BCUT2D eigenvalue weighted by molar-refractivity contribution is -0.961. The molecule has 0 radical (unpaired) electrons. The van der Waals surface area contributed by atoms with Gasteiger partial charge in [-0.25, -0.2) is 4.90 Å². The molecule has 0 aromatic heterocycles. The molecule has 2 saturated heterocycles. The summed E-state index contributed by atoms with van der Waals surface area (Å²) in [6.07, 6.45) is 0.558. The molecule has 0 N–H and O–H groups in total. The third-order valence-electron chi connectivity index (χ3n) is 6.99. The molecule has 4 heteroatoms. The number of quaternary nitrogens is 1. The Kier molecular flexibility index (Phi) is 7.24. The Morgan fingerprint density at radius 1 is 0.645 bits per heavy atom. The van der Waals surface area contributed by atoms with Crippen molar-refractivity contribution in [3.05, 3.63) is 108 Å². The van der Waals surface area contributed by atoms with Crippen LogP contribution in [0.5, 0.6) is 0 Å². The minimum Gasteiger partial charge on any atom is -1.00 e. The van der Waals surface area contributed by atoms with Gasteiger partial charge in [0.1, 0.15) is 6.54 Å². The molecule has 0 bridgehead atoms. The van der Waals surface area contributed by atoms with E-state index in [-0.39, 0.29) is 17.0 Å². The van der Waals surface area contributed by atoms with Crippen LogP contribution >= 0.6 is 0 Å². The van der Waals surface area contributed by atoms with Gasteiger partial charge in [0, 0.05) is 25.2 Å². The summed E-state index contributed by atoms with van der Waals surface area (Å²) in [6, 6.07) is 33.1. The summed E-state index contributed by atoms with van der Waals surface area (Å²) < 4.78 is 1.21. The van der Waals surface area contributed by atoms with Crippen molar-refractivity contribution in [3.63, 3.8) is 0 Å². The lowest BCUT2D eigenvalue weighted by Gasteiger charge is -2.48. The molecule has 2 unspecified atom stereocenters. The molecule has 0 saturated carbocycles. The molecule has 2 heterocycles. The fourth-order valence-corrected chi connectivity index (χ4v) is 5.38. The zero-order valence-electron chi connectivity index (χ0n) is 18.1. The van der Waals surface area contributed by atoms with Crippen LogP contribution in [0.1, 0.15) is 16.7 Å². The van der Waals surface area contributed by atoms with Crippen LogP contribution in [0.25, 0.3) is 0 Å². The Balaban J connectivity index is 0.00000231. The molecular formula is C27H32BrN3. The van der Waals surface area contributed by atoms with Crippen LogP contribution in [0.3, 0.4) is 0 Å². The van der Waals surface area contributed by atoms with Crippen LogP contribution in [-0.4, -0.2) is 53.2 Å². The highest BCUT2D eigenvalue weighted by atomic mass is 79.9. The van der Waals surface area contributed by atoms with Crippen molar-refractivity contribution in [1.82, 2.24) is 9.80 Å². The van der Waals surface area contributed by atoms with E-state index >= 15 is 0 Å². The van der Waals surface area contributed by atoms with Gasteiger partial charge in [-0.05, 0) is 11.1 Å². The van der Waals surface area contributed by atoms with Crippen molar-refractivity contribution >= 4 is 0 Å². The van der Waals surface area contributed by atoms with Gasteiger partial charge >= 0.3 is 0 Å². The topological polar surface area (TPSA) is 6.48 Å². The molecule has 0 amide bonds. The molecule has 3 aromatic rings. The number of fused-ring (bicyclic) bond motifs is 1. The first kappa shape index (κ1) is 22.2. The molecule has 3 nitrogen and oxygen atoms in total. The number of piperazine rings is 1. The molecule has 2 atom stereocenters. The quantitative estimate of drug-likeness (QED) is 0.494. The molecule has 0 aliphatic carbocycles. The monoisotopic (exact) mass is 477 g/mol. The maximum Gasteiger partial charge on any atom is 0.159 e. The van der Waals surface area contributed by atoms with Gasteiger partial charge in [-0.15, -0.1) is 0 Å². The van der Waals surface area contributed by atoms with Gasteiger partial charge in [-0.1, -0.05) is 91.0 Å². The average molecular weight is 478 g/mol. The van der Waals surface area contributed by atoms with Crippen molar-refractivity contribution in [2.45, 2.75) is 25.8 Å². The summed E-state index contributed by atoms with van der Waals surface area (Å²) in [4.78, 5) is 5.42. The first-order valence-electron chi connectivity index (χ1n) is 11.2. The number of nitrogens with zero attached hydrogens (tertiary/aromatic N) is 3. The zero-order valence-corrected chi connectivity index (χ0v) is 19.7. The summed E-state index contributed by atoms with van der Waals surface area (Å²) in [5.74, 6) is 0. The first-order valence-corrected chi connectivity index (χ1v) is 11.2. The summed E-state index contributed by atoms with van der Waals surface area (Å²) in [5.41, 5.74) is 4.33. The van der Waals surface area contributed by atoms with Crippen LogP contribution in [0, 0.1) is 0 Å². The van der Waals surface area contributed by atoms with Gasteiger partial charge < -0.3 is 21.5 Å². The second-order valence-corrected chi connectivity index (χ2v) is 8.97. The number of hydrogen-bond donors (Lipinski definition) is 0. The van der Waals surface area contributed by atoms with E-state index in [1.165, 1.54) is 47.4 Å². The third kappa shape index (κ3) is 5.09. The van der Waals surface area contributed by atoms with Gasteiger partial charge in [-0.2, -0.15) is 0 Å². The van der Waals surface area contributed by atoms with Crippen LogP contribution in [-0.2, 0) is 19.6 Å². The van der Waals surface area contributed by atoms with E-state index in [4.69, 9.17) is 0 Å². The summed E-state index contributed by atoms with van der Waals surface area (Å²) in [5, 5.41) is 0. The highest BCUT2D eigenvalue weighted by Gasteiger charge is 2.49. The molecule has 5 rings (SSSR count). The second kappa shape index (κ2) is 10.1. The van der Waals surface area contributed by atoms with Crippen molar-refractivity contribution in [2.24, 2.45) is 0 Å². The Morgan fingerprint density at radius 2 is 1.16 bits per heavy atom. The number of benzene rings is 3. The van der Waals surface area contributed by atoms with Gasteiger partial charge in [0.25, 0.3) is 0 Å². The first-order chi connectivity index (χ1) is 14.8. The molecule has 2 aliphatic rings. The van der Waals surface area contributed by atoms with Crippen molar-refractivity contribution in [2.75, 3.05) is 32.7 Å². The van der Waals surface area contributed by atoms with Crippen LogP contribution in [0.4, 0.5) is 0 Å². The maximum absolute atomic E-state index is 2.75. The second-order valence-electron chi connectivity index (χ2n) is 8.97. The number of rotatable bonds is 6. The van der Waals surface area contributed by atoms with Crippen molar-refractivity contribution in [3.8, 4) is 0 Å². The van der Waals surface area contributed by atoms with Crippen LogP contribution in [0.2, 0.25) is 0 Å². The lowest BCUT2D eigenvalue weighted by atomic mass is 10.1. The van der Waals surface area contributed by atoms with Crippen LogP contribution < -0.4 is 17.0 Å². The molecule has 2 fully saturated rings. The highest BCUT2D eigenvalue weighted by molar-refractivity contribution is 5.17. The van der Waals surface area contributed by atoms with Gasteiger partial charge in [0.15, 0.2) is 6.17 Å². The summed E-state index contributed by atoms with van der Waals surface area (Å²) in [7, 11) is 0. The maximum atomic E-state index is 2.75. The standard InChI is InChI=1S/C27H32N3.BrH/c1-4-10-24(11-5-1)20-28-16-18-30(23-26-14-8-3-9-15-26)19-17-29(27(30)22-28)21-25-12-6-2-7-13-25;/h1-15,27H,16-23H2;1H/q+1;/p-1. The minimum atomic E-state index is 0. The Labute approximate surface area is 197 Å². The Hall–Kier alpha value is -1.98. The van der Waals surface area contributed by atoms with Crippen LogP contribution in [0.15, 0.2) is 91.0 Å². The van der Waals surface area contributed by atoms with E-state index in [9.17, 15) is 0 Å². The Bertz CT molecular complexity index is 934. The highest BCUT2D eigenvalue weighted by Crippen LogP contribution is 2.33. The average Bonchev–Trinajstić information content (AvgIpc) is 3.13. The molecule has 0 spiro atoms. The largest absolute Gasteiger partial charge is 1.00 e. The van der Waals surface area contributed by atoms with E-state index in [0.717, 1.165) is 26.2 Å². The fraction of sp³-hybridized carbons (Fsp3) is 0.333. The summed E-state index contributed by atoms with van der Waals surface area (Å²) in [6.45, 7) is 9.26. The lowest BCUT2D eigenvalue weighted by Crippen LogP contribution is -3.00. The SMILES string of the molecule is [Br-].c1ccc(CN2CC[N+]3(Cc4ccccc4)CCN(Cc4ccccc4)C3C2)cc1. The van der Waals surface area contributed by atoms with Gasteiger partial charge in [0.2, 0.25) is 0 Å². The predicted molar refractivity (Wildman–Crippen MR) is 122 cm³/mol. The predicted octanol–water partition coefficient (Wildman–Crippen LogP) is 1.37. The minimum absolute atomic E-state index is 0. The van der Waals surface area contributed by atoms with Gasteiger partial charge in [-0.3, -0.25) is 4.90 Å². The van der Waals surface area contributed by atoms with Gasteiger partial charge in [0.05, 0.1) is 26.2 Å². The van der Waals surface area contributed by atoms with E-state index in [0.29, 0.717) is 6.17 Å². The zero-order chi connectivity index (χ0) is 20.2. The molecule has 2 aliphatic heterocycles. The number of halogens is 1. The van der Waals surface area contributed by atoms with E-state index < -0.39 is 0 Å². The fourth-order valence-electron chi connectivity index (χ4n) is 5.38. The molecule has 31 heavy (non-hydrogen) atoms. The molecule has 162 valence electrons. The van der Waals surface area contributed by atoms with E-state index in [1.807, 2.05) is 0 Å². The van der Waals surface area contributed by atoms with E-state index in [2.05, 4.69) is 101 Å². The number of hydrogen-bond acceptors (Lipinski definition) is 2.